The first kappa shape index (κ1) is 21.4. The van der Waals surface area contributed by atoms with Crippen LogP contribution in [0.1, 0.15) is 76.2 Å². The fourth-order valence-electron chi connectivity index (χ4n) is 5.99. The van der Waals surface area contributed by atoms with Crippen molar-refractivity contribution >= 4 is 11.9 Å². The smallest absolute Gasteiger partial charge is 0.255 e. The minimum absolute atomic E-state index is 0.122. The summed E-state index contributed by atoms with van der Waals surface area (Å²) in [6.45, 7) is 0.879. The maximum absolute atomic E-state index is 13.4. The van der Waals surface area contributed by atoms with Gasteiger partial charge in [-0.25, -0.2) is 0 Å². The number of carbonyl (C=O) groups is 1. The van der Waals surface area contributed by atoms with Gasteiger partial charge in [0, 0.05) is 19.6 Å². The average molecular weight is 411 g/mol. The van der Waals surface area contributed by atoms with Crippen molar-refractivity contribution in [3.63, 3.8) is 0 Å². The molecule has 164 valence electrons. The fraction of sp³-hybridized carbons (Fsp3) is 0.680. The van der Waals surface area contributed by atoms with E-state index >= 15 is 0 Å². The van der Waals surface area contributed by atoms with Crippen LogP contribution in [-0.2, 0) is 11.3 Å². The molecular formula is C25H38N4O. The van der Waals surface area contributed by atoms with Crippen LogP contribution in [0.2, 0.25) is 0 Å². The average Bonchev–Trinajstić information content (AvgIpc) is 3.02. The van der Waals surface area contributed by atoms with Gasteiger partial charge in [0.25, 0.3) is 5.91 Å². The molecule has 30 heavy (non-hydrogen) atoms. The second kappa shape index (κ2) is 9.51. The molecule has 0 bridgehead atoms. The van der Waals surface area contributed by atoms with Crippen LogP contribution in [0.5, 0.6) is 0 Å². The van der Waals surface area contributed by atoms with Gasteiger partial charge < -0.3 is 10.6 Å². The molecule has 0 aromatic heterocycles. The van der Waals surface area contributed by atoms with Crippen molar-refractivity contribution < 1.29 is 4.79 Å². The number of likely N-dealkylation sites (N-methyl/N-ethyl adjacent to an activating group) is 1. The predicted octanol–water partition coefficient (Wildman–Crippen LogP) is 4.43. The fourth-order valence-corrected chi connectivity index (χ4v) is 5.99. The summed E-state index contributed by atoms with van der Waals surface area (Å²) in [7, 11) is 1.76. The van der Waals surface area contributed by atoms with E-state index in [9.17, 15) is 4.79 Å². The topological polar surface area (TPSA) is 68.2 Å². The standard InChI is InChI=1S/C25H38N4O/c1-29-23(30)25(28-24(29)26,16-15-19-9-4-2-5-10-19)21-13-8-14-22(17-21)27-18-20-11-6-3-7-12-20/h3,6-7,11-12,19,21-22,27H,2,4-5,8-10,13-18H2,1H3,(H2,26,28)/t21-,22+,25-/m1/s1. The molecule has 1 saturated heterocycles. The first-order chi connectivity index (χ1) is 14.6. The van der Waals surface area contributed by atoms with Crippen LogP contribution in [0.4, 0.5) is 0 Å². The van der Waals surface area contributed by atoms with Gasteiger partial charge in [-0.15, -0.1) is 0 Å². The van der Waals surface area contributed by atoms with E-state index in [2.05, 4.69) is 41.0 Å². The summed E-state index contributed by atoms with van der Waals surface area (Å²) in [5.41, 5.74) is 0.735. The molecule has 1 heterocycles. The summed E-state index contributed by atoms with van der Waals surface area (Å²) < 4.78 is 0. The number of nitrogens with zero attached hydrogens (tertiary/aromatic N) is 1. The third-order valence-electron chi connectivity index (χ3n) is 7.84. The van der Waals surface area contributed by atoms with Gasteiger partial charge in [-0.3, -0.25) is 15.1 Å². The molecule has 3 N–H and O–H groups in total. The SMILES string of the molecule is CN1C(=N)N[C@](CCC2CCCCC2)([C@@H]2CCC[C@H](NCc3ccccc3)C2)C1=O. The van der Waals surface area contributed by atoms with Crippen LogP contribution in [0.15, 0.2) is 30.3 Å². The van der Waals surface area contributed by atoms with E-state index in [-0.39, 0.29) is 11.9 Å². The van der Waals surface area contributed by atoms with E-state index in [4.69, 9.17) is 5.41 Å². The van der Waals surface area contributed by atoms with Gasteiger partial charge in [0.05, 0.1) is 0 Å². The summed E-state index contributed by atoms with van der Waals surface area (Å²) in [6, 6.07) is 11.0. The van der Waals surface area contributed by atoms with Crippen LogP contribution in [0, 0.1) is 17.2 Å². The van der Waals surface area contributed by atoms with Crippen LogP contribution >= 0.6 is 0 Å². The minimum Gasteiger partial charge on any atom is -0.341 e. The molecule has 0 unspecified atom stereocenters. The Morgan fingerprint density at radius 1 is 1.10 bits per heavy atom. The molecule has 5 nitrogen and oxygen atoms in total. The lowest BCUT2D eigenvalue weighted by Crippen LogP contribution is -2.56. The Morgan fingerprint density at radius 3 is 2.57 bits per heavy atom. The highest BCUT2D eigenvalue weighted by atomic mass is 16.2. The molecule has 0 radical (unpaired) electrons. The molecule has 1 aromatic carbocycles. The lowest BCUT2D eigenvalue weighted by Gasteiger charge is -2.41. The Labute approximate surface area is 181 Å². The lowest BCUT2D eigenvalue weighted by molar-refractivity contribution is -0.133. The molecule has 1 amide bonds. The predicted molar refractivity (Wildman–Crippen MR) is 121 cm³/mol. The molecule has 0 spiro atoms. The lowest BCUT2D eigenvalue weighted by atomic mass is 9.69. The van der Waals surface area contributed by atoms with Gasteiger partial charge >= 0.3 is 0 Å². The second-order valence-corrected chi connectivity index (χ2v) is 9.78. The normalized spacial score (nSPS) is 30.5. The van der Waals surface area contributed by atoms with Crippen molar-refractivity contribution in [2.45, 2.75) is 88.8 Å². The number of guanidine groups is 1. The summed E-state index contributed by atoms with van der Waals surface area (Å²) in [5.74, 6) is 1.45. The molecule has 5 heteroatoms. The first-order valence-corrected chi connectivity index (χ1v) is 12.0. The van der Waals surface area contributed by atoms with Gasteiger partial charge in [-0.2, -0.15) is 0 Å². The van der Waals surface area contributed by atoms with E-state index in [0.29, 0.717) is 12.0 Å². The largest absolute Gasteiger partial charge is 0.341 e. The van der Waals surface area contributed by atoms with Gasteiger partial charge in [0.15, 0.2) is 5.96 Å². The zero-order chi connectivity index (χ0) is 21.0. The molecule has 3 aliphatic rings. The van der Waals surface area contributed by atoms with E-state index < -0.39 is 5.54 Å². The summed E-state index contributed by atoms with van der Waals surface area (Å²) in [5, 5.41) is 15.5. The monoisotopic (exact) mass is 410 g/mol. The first-order valence-electron chi connectivity index (χ1n) is 12.0. The van der Waals surface area contributed by atoms with Crippen molar-refractivity contribution in [3.8, 4) is 0 Å². The Hall–Kier alpha value is -1.88. The summed E-state index contributed by atoms with van der Waals surface area (Å²) in [6.07, 6.45) is 13.0. The third-order valence-corrected chi connectivity index (χ3v) is 7.84. The second-order valence-electron chi connectivity index (χ2n) is 9.78. The maximum Gasteiger partial charge on any atom is 0.255 e. The maximum atomic E-state index is 13.4. The summed E-state index contributed by atoms with van der Waals surface area (Å²) in [4.78, 5) is 14.9. The zero-order valence-corrected chi connectivity index (χ0v) is 18.5. The number of benzene rings is 1. The van der Waals surface area contributed by atoms with E-state index in [0.717, 1.165) is 44.6 Å². The van der Waals surface area contributed by atoms with Gasteiger partial charge in [0.2, 0.25) is 0 Å². The van der Waals surface area contributed by atoms with Crippen molar-refractivity contribution in [1.29, 1.82) is 5.41 Å². The van der Waals surface area contributed by atoms with Gasteiger partial charge in [-0.1, -0.05) is 68.9 Å². The molecule has 2 saturated carbocycles. The van der Waals surface area contributed by atoms with Gasteiger partial charge in [-0.05, 0) is 49.5 Å². The Balaban J connectivity index is 1.44. The highest BCUT2D eigenvalue weighted by Crippen LogP contribution is 2.41. The van der Waals surface area contributed by atoms with Crippen molar-refractivity contribution in [2.24, 2.45) is 11.8 Å². The van der Waals surface area contributed by atoms with Crippen molar-refractivity contribution in [2.75, 3.05) is 7.05 Å². The molecule has 3 atom stereocenters. The molecule has 1 aliphatic heterocycles. The number of rotatable bonds is 7. The van der Waals surface area contributed by atoms with Gasteiger partial charge in [0.1, 0.15) is 5.54 Å². The van der Waals surface area contributed by atoms with E-state index in [1.165, 1.54) is 44.1 Å². The van der Waals surface area contributed by atoms with E-state index in [1.807, 2.05) is 0 Å². The van der Waals surface area contributed by atoms with Crippen LogP contribution in [0.25, 0.3) is 0 Å². The number of hydrogen-bond acceptors (Lipinski definition) is 3. The molecule has 3 fully saturated rings. The minimum atomic E-state index is -0.573. The molecule has 2 aliphatic carbocycles. The highest BCUT2D eigenvalue weighted by Gasteiger charge is 2.53. The number of nitrogens with one attached hydrogen (secondary N) is 3. The molecular weight excluding hydrogens is 372 g/mol. The van der Waals surface area contributed by atoms with Crippen molar-refractivity contribution in [1.82, 2.24) is 15.5 Å². The summed E-state index contributed by atoms with van der Waals surface area (Å²) >= 11 is 0. The zero-order valence-electron chi connectivity index (χ0n) is 18.5. The molecule has 4 rings (SSSR count). The number of hydrogen-bond donors (Lipinski definition) is 3. The third kappa shape index (κ3) is 4.56. The Bertz CT molecular complexity index is 730. The number of carbonyl (C=O) groups excluding carboxylic acids is 1. The quantitative estimate of drug-likeness (QED) is 0.623. The Morgan fingerprint density at radius 2 is 1.87 bits per heavy atom. The van der Waals surface area contributed by atoms with Crippen LogP contribution < -0.4 is 10.6 Å². The Kier molecular flexibility index (Phi) is 6.77. The highest BCUT2D eigenvalue weighted by molar-refractivity contribution is 6.07. The van der Waals surface area contributed by atoms with Crippen LogP contribution in [-0.4, -0.2) is 35.4 Å². The van der Waals surface area contributed by atoms with Crippen molar-refractivity contribution in [3.05, 3.63) is 35.9 Å². The molecule has 1 aromatic rings. The van der Waals surface area contributed by atoms with Crippen LogP contribution in [0.3, 0.4) is 0 Å². The number of amides is 1. The van der Waals surface area contributed by atoms with E-state index in [1.54, 1.807) is 11.9 Å².